The Bertz CT molecular complexity index is 694. The van der Waals surface area contributed by atoms with E-state index in [1.165, 1.54) is 16.7 Å². The van der Waals surface area contributed by atoms with Crippen LogP contribution in [0.25, 0.3) is 0 Å². The van der Waals surface area contributed by atoms with Gasteiger partial charge in [0.2, 0.25) is 5.91 Å². The maximum Gasteiger partial charge on any atom is 0.238 e. The van der Waals surface area contributed by atoms with Crippen molar-refractivity contribution < 1.29 is 4.79 Å². The number of anilines is 1. The molecule has 0 saturated heterocycles. The zero-order chi connectivity index (χ0) is 15.5. The van der Waals surface area contributed by atoms with Crippen molar-refractivity contribution in [2.45, 2.75) is 26.8 Å². The molecule has 2 aromatic rings. The summed E-state index contributed by atoms with van der Waals surface area (Å²) in [5.74, 6) is 0.0614. The molecule has 3 rings (SSSR count). The second-order valence-electron chi connectivity index (χ2n) is 6.10. The van der Waals surface area contributed by atoms with Gasteiger partial charge in [-0.15, -0.1) is 0 Å². The largest absolute Gasteiger partial charge is 0.325 e. The topological polar surface area (TPSA) is 32.3 Å². The minimum atomic E-state index is 0.0614. The standard InChI is InChI=1S/C19H22N2O/c1-14-7-8-18(15(2)11-14)20-19(22)13-21-10-9-16-5-3-4-6-17(16)12-21/h3-8,11H,9-10,12-13H2,1-2H3,(H,20,22). The first kappa shape index (κ1) is 14.8. The number of rotatable bonds is 3. The van der Waals surface area contributed by atoms with Crippen molar-refractivity contribution in [3.63, 3.8) is 0 Å². The van der Waals surface area contributed by atoms with Crippen molar-refractivity contribution in [3.05, 3.63) is 64.7 Å². The van der Waals surface area contributed by atoms with Crippen LogP contribution in [0.5, 0.6) is 0 Å². The van der Waals surface area contributed by atoms with E-state index in [1.807, 2.05) is 19.1 Å². The second kappa shape index (κ2) is 6.32. The van der Waals surface area contributed by atoms with Crippen LogP contribution < -0.4 is 5.32 Å². The van der Waals surface area contributed by atoms with Gasteiger partial charge in [-0.1, -0.05) is 42.0 Å². The van der Waals surface area contributed by atoms with E-state index in [2.05, 4.69) is 47.5 Å². The van der Waals surface area contributed by atoms with Crippen LogP contribution in [0, 0.1) is 13.8 Å². The van der Waals surface area contributed by atoms with Crippen LogP contribution >= 0.6 is 0 Å². The fourth-order valence-corrected chi connectivity index (χ4v) is 3.04. The Morgan fingerprint density at radius 2 is 1.91 bits per heavy atom. The first-order valence-corrected chi connectivity index (χ1v) is 7.78. The summed E-state index contributed by atoms with van der Waals surface area (Å²) in [6.07, 6.45) is 1.02. The Labute approximate surface area is 132 Å². The molecule has 0 bridgehead atoms. The molecule has 1 heterocycles. The van der Waals surface area contributed by atoms with E-state index < -0.39 is 0 Å². The predicted molar refractivity (Wildman–Crippen MR) is 90.0 cm³/mol. The number of benzene rings is 2. The number of hydrogen-bond donors (Lipinski definition) is 1. The first-order chi connectivity index (χ1) is 10.6. The lowest BCUT2D eigenvalue weighted by Gasteiger charge is -2.28. The molecule has 0 aromatic heterocycles. The summed E-state index contributed by atoms with van der Waals surface area (Å²) in [6, 6.07) is 14.6. The SMILES string of the molecule is Cc1ccc(NC(=O)CN2CCc3ccccc3C2)c(C)c1. The van der Waals surface area contributed by atoms with Crippen molar-refractivity contribution in [2.24, 2.45) is 0 Å². The van der Waals surface area contributed by atoms with Gasteiger partial charge in [0.25, 0.3) is 0 Å². The highest BCUT2D eigenvalue weighted by molar-refractivity contribution is 5.93. The second-order valence-corrected chi connectivity index (χ2v) is 6.10. The van der Waals surface area contributed by atoms with Crippen molar-refractivity contribution in [2.75, 3.05) is 18.4 Å². The number of nitrogens with zero attached hydrogens (tertiary/aromatic N) is 1. The Morgan fingerprint density at radius 3 is 2.68 bits per heavy atom. The van der Waals surface area contributed by atoms with Crippen LogP contribution in [0.1, 0.15) is 22.3 Å². The third kappa shape index (κ3) is 3.37. The lowest BCUT2D eigenvalue weighted by molar-refractivity contribution is -0.117. The van der Waals surface area contributed by atoms with Crippen molar-refractivity contribution >= 4 is 11.6 Å². The number of aryl methyl sites for hydroxylation is 2. The molecule has 0 unspecified atom stereocenters. The molecular formula is C19H22N2O. The van der Waals surface area contributed by atoms with E-state index in [-0.39, 0.29) is 5.91 Å². The summed E-state index contributed by atoms with van der Waals surface area (Å²) in [5.41, 5.74) is 5.98. The van der Waals surface area contributed by atoms with E-state index in [1.54, 1.807) is 0 Å². The van der Waals surface area contributed by atoms with E-state index in [9.17, 15) is 4.79 Å². The Balaban J connectivity index is 1.61. The summed E-state index contributed by atoms with van der Waals surface area (Å²) in [4.78, 5) is 14.5. The normalized spacial score (nSPS) is 14.5. The summed E-state index contributed by atoms with van der Waals surface area (Å²) in [6.45, 7) is 6.33. The van der Waals surface area contributed by atoms with Gasteiger partial charge in [-0.3, -0.25) is 9.69 Å². The lowest BCUT2D eigenvalue weighted by atomic mass is 10.00. The van der Waals surface area contributed by atoms with Gasteiger partial charge in [0.15, 0.2) is 0 Å². The molecule has 0 fully saturated rings. The number of fused-ring (bicyclic) bond motifs is 1. The van der Waals surface area contributed by atoms with Gasteiger partial charge in [-0.05, 0) is 43.0 Å². The van der Waals surface area contributed by atoms with Crippen molar-refractivity contribution in [1.29, 1.82) is 0 Å². The van der Waals surface area contributed by atoms with Crippen LogP contribution in [-0.2, 0) is 17.8 Å². The number of amides is 1. The molecule has 2 aromatic carbocycles. The fourth-order valence-electron chi connectivity index (χ4n) is 3.04. The van der Waals surface area contributed by atoms with Gasteiger partial charge in [0.1, 0.15) is 0 Å². The fraction of sp³-hybridized carbons (Fsp3) is 0.316. The third-order valence-electron chi connectivity index (χ3n) is 4.23. The van der Waals surface area contributed by atoms with Crippen LogP contribution in [0.4, 0.5) is 5.69 Å². The molecule has 3 nitrogen and oxygen atoms in total. The molecule has 1 aliphatic heterocycles. The van der Waals surface area contributed by atoms with Gasteiger partial charge < -0.3 is 5.32 Å². The Hall–Kier alpha value is -2.13. The number of nitrogens with one attached hydrogen (secondary N) is 1. The first-order valence-electron chi connectivity index (χ1n) is 7.78. The highest BCUT2D eigenvalue weighted by atomic mass is 16.2. The molecule has 0 saturated carbocycles. The number of carbonyl (C=O) groups is 1. The average Bonchev–Trinajstić information content (AvgIpc) is 2.50. The molecule has 114 valence electrons. The summed E-state index contributed by atoms with van der Waals surface area (Å²) in [5, 5.41) is 3.03. The lowest BCUT2D eigenvalue weighted by Crippen LogP contribution is -2.37. The zero-order valence-corrected chi connectivity index (χ0v) is 13.2. The molecule has 0 radical (unpaired) electrons. The maximum absolute atomic E-state index is 12.3. The number of carbonyl (C=O) groups excluding carboxylic acids is 1. The van der Waals surface area contributed by atoms with Gasteiger partial charge in [-0.25, -0.2) is 0 Å². The van der Waals surface area contributed by atoms with E-state index in [4.69, 9.17) is 0 Å². The number of hydrogen-bond acceptors (Lipinski definition) is 2. The smallest absolute Gasteiger partial charge is 0.238 e. The van der Waals surface area contributed by atoms with E-state index in [0.29, 0.717) is 6.54 Å². The maximum atomic E-state index is 12.3. The summed E-state index contributed by atoms with van der Waals surface area (Å²) < 4.78 is 0. The molecular weight excluding hydrogens is 272 g/mol. The molecule has 1 N–H and O–H groups in total. The highest BCUT2D eigenvalue weighted by Gasteiger charge is 2.18. The molecule has 0 aliphatic carbocycles. The van der Waals surface area contributed by atoms with Crippen LogP contribution in [0.2, 0.25) is 0 Å². The van der Waals surface area contributed by atoms with Gasteiger partial charge >= 0.3 is 0 Å². The minimum absolute atomic E-state index is 0.0614. The monoisotopic (exact) mass is 294 g/mol. The third-order valence-corrected chi connectivity index (χ3v) is 4.23. The van der Waals surface area contributed by atoms with E-state index >= 15 is 0 Å². The summed E-state index contributed by atoms with van der Waals surface area (Å²) in [7, 11) is 0. The van der Waals surface area contributed by atoms with E-state index in [0.717, 1.165) is 30.8 Å². The molecule has 3 heteroatoms. The van der Waals surface area contributed by atoms with Gasteiger partial charge in [0, 0.05) is 18.8 Å². The zero-order valence-electron chi connectivity index (χ0n) is 13.2. The van der Waals surface area contributed by atoms with Crippen molar-refractivity contribution in [1.82, 2.24) is 4.90 Å². The average molecular weight is 294 g/mol. The minimum Gasteiger partial charge on any atom is -0.325 e. The van der Waals surface area contributed by atoms with Gasteiger partial charge in [-0.2, -0.15) is 0 Å². The van der Waals surface area contributed by atoms with Crippen LogP contribution in [-0.4, -0.2) is 23.9 Å². The molecule has 0 atom stereocenters. The quantitative estimate of drug-likeness (QED) is 0.942. The molecule has 22 heavy (non-hydrogen) atoms. The molecule has 0 spiro atoms. The van der Waals surface area contributed by atoms with Crippen LogP contribution in [0.15, 0.2) is 42.5 Å². The molecule has 1 amide bonds. The predicted octanol–water partition coefficient (Wildman–Crippen LogP) is 3.30. The Morgan fingerprint density at radius 1 is 1.14 bits per heavy atom. The van der Waals surface area contributed by atoms with Crippen molar-refractivity contribution in [3.8, 4) is 0 Å². The highest BCUT2D eigenvalue weighted by Crippen LogP contribution is 2.19. The molecule has 1 aliphatic rings. The van der Waals surface area contributed by atoms with Crippen LogP contribution in [0.3, 0.4) is 0 Å². The Kier molecular flexibility index (Phi) is 4.25. The summed E-state index contributed by atoms with van der Waals surface area (Å²) >= 11 is 0. The van der Waals surface area contributed by atoms with Gasteiger partial charge in [0.05, 0.1) is 6.54 Å².